The number of piperazine rings is 1. The molecule has 1 aromatic heterocycles. The van der Waals surface area contributed by atoms with Crippen molar-refractivity contribution in [1.82, 2.24) is 15.1 Å². The van der Waals surface area contributed by atoms with Gasteiger partial charge in [0.1, 0.15) is 0 Å². The van der Waals surface area contributed by atoms with Crippen molar-refractivity contribution in [3.05, 3.63) is 59.5 Å². The molecule has 1 saturated carbocycles. The smallest absolute Gasteiger partial charge is 0.416 e. The molecule has 1 saturated heterocycles. The van der Waals surface area contributed by atoms with Crippen molar-refractivity contribution in [2.24, 2.45) is 4.99 Å². The summed E-state index contributed by atoms with van der Waals surface area (Å²) >= 11 is 0. The zero-order chi connectivity index (χ0) is 22.1. The second-order valence-corrected chi connectivity index (χ2v) is 8.02. The molecule has 0 unspecified atom stereocenters. The van der Waals surface area contributed by atoms with E-state index in [0.717, 1.165) is 18.9 Å². The third kappa shape index (κ3) is 4.55. The van der Waals surface area contributed by atoms with Crippen molar-refractivity contribution in [3.63, 3.8) is 0 Å². The van der Waals surface area contributed by atoms with Gasteiger partial charge in [-0.1, -0.05) is 18.2 Å². The summed E-state index contributed by atoms with van der Waals surface area (Å²) < 4.78 is 44.5. The molecule has 0 atom stereocenters. The van der Waals surface area contributed by atoms with Crippen LogP contribution in [0.5, 0.6) is 0 Å². The first-order valence-corrected chi connectivity index (χ1v) is 10.3. The first-order valence-electron chi connectivity index (χ1n) is 10.3. The molecule has 1 aromatic carbocycles. The van der Waals surface area contributed by atoms with Gasteiger partial charge in [0.25, 0.3) is 5.91 Å². The predicted molar refractivity (Wildman–Crippen MR) is 110 cm³/mol. The number of amides is 1. The molecule has 4 rings (SSSR count). The number of rotatable bonds is 4. The lowest BCUT2D eigenvalue weighted by Gasteiger charge is -2.36. The number of alkyl halides is 3. The van der Waals surface area contributed by atoms with E-state index in [0.29, 0.717) is 50.0 Å². The van der Waals surface area contributed by atoms with Gasteiger partial charge < -0.3 is 19.5 Å². The number of furan rings is 1. The number of nitrogens with zero attached hydrogens (tertiary/aromatic N) is 3. The predicted octanol–water partition coefficient (Wildman–Crippen LogP) is 3.36. The number of guanidine groups is 1. The minimum absolute atomic E-state index is 0.130. The highest BCUT2D eigenvalue weighted by atomic mass is 19.4. The molecule has 0 spiro atoms. The largest absolute Gasteiger partial charge is 0.459 e. The van der Waals surface area contributed by atoms with E-state index in [1.807, 2.05) is 0 Å². The normalized spacial score (nSPS) is 18.8. The summed E-state index contributed by atoms with van der Waals surface area (Å²) in [7, 11) is 1.69. The van der Waals surface area contributed by atoms with E-state index in [1.165, 1.54) is 18.4 Å². The standard InChI is InChI=1S/C22H25F3N4O2/c1-26-20(29-11-9-28(10-12-29)19(30)18-6-3-13-31-18)27-15-21(7-8-21)16-4-2-5-17(14-16)22(23,24)25/h2-6,13-14H,7-12,15H2,1H3,(H,26,27). The first kappa shape index (κ1) is 21.3. The van der Waals surface area contributed by atoms with Crippen molar-refractivity contribution < 1.29 is 22.4 Å². The number of benzene rings is 1. The van der Waals surface area contributed by atoms with Gasteiger partial charge in [-0.2, -0.15) is 13.2 Å². The van der Waals surface area contributed by atoms with Crippen molar-refractivity contribution in [3.8, 4) is 0 Å². The quantitative estimate of drug-likeness (QED) is 0.592. The number of carbonyl (C=O) groups excluding carboxylic acids is 1. The van der Waals surface area contributed by atoms with Crippen LogP contribution < -0.4 is 5.32 Å². The molecule has 166 valence electrons. The van der Waals surface area contributed by atoms with Gasteiger partial charge in [0.05, 0.1) is 11.8 Å². The fourth-order valence-corrected chi connectivity index (χ4v) is 4.00. The summed E-state index contributed by atoms with van der Waals surface area (Å²) in [6.07, 6.45) is -1.19. The summed E-state index contributed by atoms with van der Waals surface area (Å²) in [5.74, 6) is 0.894. The summed E-state index contributed by atoms with van der Waals surface area (Å²) in [5.41, 5.74) is -0.203. The number of halogens is 3. The Labute approximate surface area is 178 Å². The molecule has 1 aliphatic carbocycles. The van der Waals surface area contributed by atoms with Crippen LogP contribution in [0.2, 0.25) is 0 Å². The maximum atomic E-state index is 13.1. The number of hydrogen-bond acceptors (Lipinski definition) is 3. The third-order valence-corrected chi connectivity index (χ3v) is 6.05. The topological polar surface area (TPSA) is 61.1 Å². The SMILES string of the molecule is CN=C(NCC1(c2cccc(C(F)(F)F)c2)CC1)N1CCN(C(=O)c2ccco2)CC1. The zero-order valence-electron chi connectivity index (χ0n) is 17.3. The van der Waals surface area contributed by atoms with Crippen LogP contribution in [0.15, 0.2) is 52.1 Å². The Balaban J connectivity index is 1.35. The molecule has 1 N–H and O–H groups in total. The molecule has 1 aliphatic heterocycles. The van der Waals surface area contributed by atoms with Crippen LogP contribution in [-0.4, -0.2) is 61.4 Å². The fraction of sp³-hybridized carbons (Fsp3) is 0.455. The average molecular weight is 434 g/mol. The molecule has 2 fully saturated rings. The Kier molecular flexibility index (Phi) is 5.68. The minimum Gasteiger partial charge on any atom is -0.459 e. The monoisotopic (exact) mass is 434 g/mol. The van der Waals surface area contributed by atoms with Crippen LogP contribution in [0.1, 0.15) is 34.5 Å². The molecular formula is C22H25F3N4O2. The Morgan fingerprint density at radius 2 is 1.84 bits per heavy atom. The van der Waals surface area contributed by atoms with Crippen LogP contribution in [0.4, 0.5) is 13.2 Å². The van der Waals surface area contributed by atoms with Crippen molar-refractivity contribution >= 4 is 11.9 Å². The van der Waals surface area contributed by atoms with Gasteiger partial charge in [0, 0.05) is 45.2 Å². The van der Waals surface area contributed by atoms with Gasteiger partial charge in [0.15, 0.2) is 11.7 Å². The van der Waals surface area contributed by atoms with E-state index in [-0.39, 0.29) is 11.3 Å². The molecule has 31 heavy (non-hydrogen) atoms. The van der Waals surface area contributed by atoms with Crippen LogP contribution in [0, 0.1) is 0 Å². The molecule has 2 aliphatic rings. The van der Waals surface area contributed by atoms with E-state index in [4.69, 9.17) is 4.42 Å². The summed E-state index contributed by atoms with van der Waals surface area (Å²) in [5, 5.41) is 3.34. The average Bonchev–Trinajstić information content (AvgIpc) is 3.36. The van der Waals surface area contributed by atoms with E-state index < -0.39 is 11.7 Å². The van der Waals surface area contributed by atoms with Crippen LogP contribution in [-0.2, 0) is 11.6 Å². The van der Waals surface area contributed by atoms with Gasteiger partial charge in [-0.05, 0) is 36.6 Å². The molecule has 2 aromatic rings. The van der Waals surface area contributed by atoms with Gasteiger partial charge in [0.2, 0.25) is 0 Å². The van der Waals surface area contributed by atoms with E-state index in [1.54, 1.807) is 30.1 Å². The minimum atomic E-state index is -4.34. The number of aliphatic imine (C=N–C) groups is 1. The maximum absolute atomic E-state index is 13.1. The Morgan fingerprint density at radius 1 is 1.13 bits per heavy atom. The summed E-state index contributed by atoms with van der Waals surface area (Å²) in [6.45, 7) is 2.83. The lowest BCUT2D eigenvalue weighted by Crippen LogP contribution is -2.54. The Morgan fingerprint density at radius 3 is 2.42 bits per heavy atom. The highest BCUT2D eigenvalue weighted by Crippen LogP contribution is 2.48. The Bertz CT molecular complexity index is 944. The highest BCUT2D eigenvalue weighted by molar-refractivity contribution is 5.91. The van der Waals surface area contributed by atoms with E-state index >= 15 is 0 Å². The van der Waals surface area contributed by atoms with Crippen molar-refractivity contribution in [2.45, 2.75) is 24.4 Å². The number of hydrogen-bond donors (Lipinski definition) is 1. The number of nitrogens with one attached hydrogen (secondary N) is 1. The molecule has 0 radical (unpaired) electrons. The second kappa shape index (κ2) is 8.28. The molecule has 2 heterocycles. The van der Waals surface area contributed by atoms with Gasteiger partial charge in [-0.15, -0.1) is 0 Å². The highest BCUT2D eigenvalue weighted by Gasteiger charge is 2.45. The van der Waals surface area contributed by atoms with Gasteiger partial charge in [-0.3, -0.25) is 9.79 Å². The molecule has 9 heteroatoms. The molecule has 1 amide bonds. The lowest BCUT2D eigenvalue weighted by molar-refractivity contribution is -0.137. The second-order valence-electron chi connectivity index (χ2n) is 8.02. The van der Waals surface area contributed by atoms with E-state index in [2.05, 4.69) is 15.2 Å². The van der Waals surface area contributed by atoms with Crippen LogP contribution >= 0.6 is 0 Å². The first-order chi connectivity index (χ1) is 14.8. The summed E-state index contributed by atoms with van der Waals surface area (Å²) in [4.78, 5) is 20.6. The lowest BCUT2D eigenvalue weighted by atomic mass is 9.94. The zero-order valence-corrected chi connectivity index (χ0v) is 17.3. The van der Waals surface area contributed by atoms with Crippen molar-refractivity contribution in [2.75, 3.05) is 39.8 Å². The molecule has 0 bridgehead atoms. The van der Waals surface area contributed by atoms with Crippen molar-refractivity contribution in [1.29, 1.82) is 0 Å². The Hall–Kier alpha value is -2.97. The molecule has 6 nitrogen and oxygen atoms in total. The summed E-state index contributed by atoms with van der Waals surface area (Å²) in [6, 6.07) is 8.95. The molecular weight excluding hydrogens is 409 g/mol. The van der Waals surface area contributed by atoms with Crippen LogP contribution in [0.25, 0.3) is 0 Å². The number of carbonyl (C=O) groups is 1. The van der Waals surface area contributed by atoms with E-state index in [9.17, 15) is 18.0 Å². The van der Waals surface area contributed by atoms with Crippen LogP contribution in [0.3, 0.4) is 0 Å². The third-order valence-electron chi connectivity index (χ3n) is 6.05. The van der Waals surface area contributed by atoms with Gasteiger partial charge >= 0.3 is 6.18 Å². The van der Waals surface area contributed by atoms with Gasteiger partial charge in [-0.25, -0.2) is 0 Å². The maximum Gasteiger partial charge on any atom is 0.416 e. The fourth-order valence-electron chi connectivity index (χ4n) is 4.00.